The Balaban J connectivity index is 1.61. The highest BCUT2D eigenvalue weighted by molar-refractivity contribution is 6.10. The predicted molar refractivity (Wildman–Crippen MR) is 92.5 cm³/mol. The third-order valence-electron chi connectivity index (χ3n) is 4.54. The van der Waals surface area contributed by atoms with E-state index in [9.17, 15) is 4.79 Å². The summed E-state index contributed by atoms with van der Waals surface area (Å²) in [5.41, 5.74) is 3.94. The quantitative estimate of drug-likeness (QED) is 0.566. The fourth-order valence-electron chi connectivity index (χ4n) is 3.35. The van der Waals surface area contributed by atoms with E-state index in [1.807, 2.05) is 36.4 Å². The van der Waals surface area contributed by atoms with Crippen LogP contribution in [0.5, 0.6) is 0 Å². The summed E-state index contributed by atoms with van der Waals surface area (Å²) in [4.78, 5) is 19.3. The van der Waals surface area contributed by atoms with Crippen LogP contribution in [0.1, 0.15) is 15.9 Å². The lowest BCUT2D eigenvalue weighted by atomic mass is 10.2. The molecule has 3 aromatic heterocycles. The highest BCUT2D eigenvalue weighted by Gasteiger charge is 2.28. The van der Waals surface area contributed by atoms with Crippen molar-refractivity contribution in [3.8, 4) is 11.5 Å². The van der Waals surface area contributed by atoms with Crippen molar-refractivity contribution in [1.29, 1.82) is 0 Å². The number of fused-ring (bicyclic) bond motifs is 2. The Bertz CT molecular complexity index is 1080. The molecular weight excluding hydrogens is 316 g/mol. The lowest BCUT2D eigenvalue weighted by Crippen LogP contribution is -2.28. The number of furan rings is 1. The number of hydrogen-bond donors (Lipinski definition) is 0. The van der Waals surface area contributed by atoms with Gasteiger partial charge in [0, 0.05) is 18.4 Å². The SMILES string of the molecule is O=C(c1cnn2c(-c3ccco3)ccnc12)N1CCc2ccccc21. The molecule has 0 atom stereocenters. The Hall–Kier alpha value is -3.41. The molecular formula is C19H14N4O2. The largest absolute Gasteiger partial charge is 0.463 e. The van der Waals surface area contributed by atoms with Crippen molar-refractivity contribution in [3.63, 3.8) is 0 Å². The molecule has 4 heterocycles. The highest BCUT2D eigenvalue weighted by atomic mass is 16.3. The van der Waals surface area contributed by atoms with Crippen molar-refractivity contribution in [1.82, 2.24) is 14.6 Å². The van der Waals surface area contributed by atoms with Crippen molar-refractivity contribution in [2.45, 2.75) is 6.42 Å². The van der Waals surface area contributed by atoms with Crippen molar-refractivity contribution >= 4 is 17.2 Å². The third kappa shape index (κ3) is 2.07. The molecule has 0 N–H and O–H groups in total. The van der Waals surface area contributed by atoms with Crippen molar-refractivity contribution in [3.05, 3.63) is 72.2 Å². The van der Waals surface area contributed by atoms with E-state index >= 15 is 0 Å². The maximum Gasteiger partial charge on any atom is 0.263 e. The molecule has 5 rings (SSSR count). The molecule has 6 nitrogen and oxygen atoms in total. The zero-order valence-corrected chi connectivity index (χ0v) is 13.3. The smallest absolute Gasteiger partial charge is 0.263 e. The number of carbonyl (C=O) groups is 1. The first-order valence-electron chi connectivity index (χ1n) is 8.09. The molecule has 1 amide bonds. The first-order chi connectivity index (χ1) is 12.3. The minimum Gasteiger partial charge on any atom is -0.463 e. The van der Waals surface area contributed by atoms with Gasteiger partial charge in [-0.15, -0.1) is 0 Å². The van der Waals surface area contributed by atoms with E-state index in [0.29, 0.717) is 23.5 Å². The van der Waals surface area contributed by atoms with Crippen molar-refractivity contribution < 1.29 is 9.21 Å². The van der Waals surface area contributed by atoms with Crippen molar-refractivity contribution in [2.24, 2.45) is 0 Å². The van der Waals surface area contributed by atoms with Gasteiger partial charge in [-0.2, -0.15) is 5.10 Å². The number of benzene rings is 1. The van der Waals surface area contributed by atoms with Gasteiger partial charge >= 0.3 is 0 Å². The van der Waals surface area contributed by atoms with Gasteiger partial charge in [0.15, 0.2) is 11.4 Å². The van der Waals surface area contributed by atoms with Gasteiger partial charge < -0.3 is 9.32 Å². The van der Waals surface area contributed by atoms with Gasteiger partial charge in [-0.1, -0.05) is 18.2 Å². The molecule has 0 saturated carbocycles. The number of anilines is 1. The second kappa shape index (κ2) is 5.31. The summed E-state index contributed by atoms with van der Waals surface area (Å²) in [7, 11) is 0. The average molecular weight is 330 g/mol. The normalized spacial score (nSPS) is 13.4. The Morgan fingerprint density at radius 2 is 2.04 bits per heavy atom. The maximum atomic E-state index is 13.1. The van der Waals surface area contributed by atoms with Gasteiger partial charge in [-0.05, 0) is 36.2 Å². The zero-order chi connectivity index (χ0) is 16.8. The fourth-order valence-corrected chi connectivity index (χ4v) is 3.35. The van der Waals surface area contributed by atoms with Crippen LogP contribution in [-0.2, 0) is 6.42 Å². The van der Waals surface area contributed by atoms with E-state index in [1.165, 1.54) is 5.56 Å². The number of rotatable bonds is 2. The molecule has 1 aliphatic heterocycles. The van der Waals surface area contributed by atoms with Crippen LogP contribution in [-0.4, -0.2) is 27.0 Å². The summed E-state index contributed by atoms with van der Waals surface area (Å²) < 4.78 is 7.11. The number of amides is 1. The highest BCUT2D eigenvalue weighted by Crippen LogP contribution is 2.30. The second-order valence-electron chi connectivity index (χ2n) is 5.94. The van der Waals surface area contributed by atoms with E-state index in [-0.39, 0.29) is 5.91 Å². The van der Waals surface area contributed by atoms with Crippen LogP contribution in [0, 0.1) is 0 Å². The van der Waals surface area contributed by atoms with Gasteiger partial charge in [0.25, 0.3) is 5.91 Å². The minimum absolute atomic E-state index is 0.0796. The van der Waals surface area contributed by atoms with Crippen LogP contribution < -0.4 is 4.90 Å². The summed E-state index contributed by atoms with van der Waals surface area (Å²) in [6, 6.07) is 13.5. The molecule has 4 aromatic rings. The predicted octanol–water partition coefficient (Wildman–Crippen LogP) is 3.19. The number of para-hydroxylation sites is 1. The van der Waals surface area contributed by atoms with Crippen LogP contribution in [0.25, 0.3) is 17.1 Å². The van der Waals surface area contributed by atoms with E-state index < -0.39 is 0 Å². The maximum absolute atomic E-state index is 13.1. The van der Waals surface area contributed by atoms with Crippen molar-refractivity contribution in [2.75, 3.05) is 11.4 Å². The molecule has 0 unspecified atom stereocenters. The van der Waals surface area contributed by atoms with Crippen LogP contribution in [0.4, 0.5) is 5.69 Å². The Labute approximate surface area is 143 Å². The Morgan fingerprint density at radius 1 is 1.12 bits per heavy atom. The molecule has 0 fully saturated rings. The number of hydrogen-bond acceptors (Lipinski definition) is 4. The van der Waals surface area contributed by atoms with Crippen LogP contribution in [0.15, 0.2) is 65.5 Å². The van der Waals surface area contributed by atoms with Gasteiger partial charge in [-0.25, -0.2) is 9.50 Å². The molecule has 122 valence electrons. The molecule has 6 heteroatoms. The fraction of sp³-hybridized carbons (Fsp3) is 0.105. The number of aromatic nitrogens is 3. The lowest BCUT2D eigenvalue weighted by Gasteiger charge is -2.16. The zero-order valence-electron chi connectivity index (χ0n) is 13.3. The molecule has 25 heavy (non-hydrogen) atoms. The molecule has 0 aliphatic carbocycles. The summed E-state index contributed by atoms with van der Waals surface area (Å²) in [6.45, 7) is 0.674. The van der Waals surface area contributed by atoms with E-state index in [4.69, 9.17) is 4.42 Å². The number of carbonyl (C=O) groups excluding carboxylic acids is 1. The molecule has 1 aliphatic rings. The Morgan fingerprint density at radius 3 is 2.92 bits per heavy atom. The standard InChI is InChI=1S/C19H14N4O2/c24-19(22-10-8-13-4-1-2-5-15(13)22)14-12-21-23-16(7-9-20-18(14)23)17-6-3-11-25-17/h1-7,9,11-12H,8,10H2. The third-order valence-corrected chi connectivity index (χ3v) is 4.54. The van der Waals surface area contributed by atoms with E-state index in [2.05, 4.69) is 16.1 Å². The van der Waals surface area contributed by atoms with Crippen LogP contribution in [0.2, 0.25) is 0 Å². The van der Waals surface area contributed by atoms with Gasteiger partial charge in [-0.3, -0.25) is 4.79 Å². The monoisotopic (exact) mass is 330 g/mol. The summed E-state index contributed by atoms with van der Waals surface area (Å²) in [5.74, 6) is 0.602. The van der Waals surface area contributed by atoms with Gasteiger partial charge in [0.05, 0.1) is 12.5 Å². The van der Waals surface area contributed by atoms with Gasteiger partial charge in [0.2, 0.25) is 0 Å². The topological polar surface area (TPSA) is 63.6 Å². The Kier molecular flexibility index (Phi) is 2.97. The number of nitrogens with zero attached hydrogens (tertiary/aromatic N) is 4. The first kappa shape index (κ1) is 14.0. The lowest BCUT2D eigenvalue weighted by molar-refractivity contribution is 0.0990. The summed E-state index contributed by atoms with van der Waals surface area (Å²) in [6.07, 6.45) is 5.73. The second-order valence-corrected chi connectivity index (χ2v) is 5.94. The van der Waals surface area contributed by atoms with E-state index in [1.54, 1.807) is 28.1 Å². The minimum atomic E-state index is -0.0796. The van der Waals surface area contributed by atoms with E-state index in [0.717, 1.165) is 17.8 Å². The molecule has 0 radical (unpaired) electrons. The van der Waals surface area contributed by atoms with Gasteiger partial charge in [0.1, 0.15) is 11.3 Å². The van der Waals surface area contributed by atoms with Crippen LogP contribution >= 0.6 is 0 Å². The van der Waals surface area contributed by atoms with Crippen LogP contribution in [0.3, 0.4) is 0 Å². The molecule has 0 bridgehead atoms. The molecule has 0 saturated heterocycles. The molecule has 1 aromatic carbocycles. The average Bonchev–Trinajstić information content (AvgIpc) is 3.39. The first-order valence-corrected chi connectivity index (χ1v) is 8.09. The molecule has 0 spiro atoms. The summed E-state index contributed by atoms with van der Waals surface area (Å²) in [5, 5.41) is 4.37. The summed E-state index contributed by atoms with van der Waals surface area (Å²) >= 11 is 0.